The monoisotopic (exact) mass is 618 g/mol. The number of aliphatic hydroxyl groups is 1. The molecule has 1 fully saturated rings. The van der Waals surface area contributed by atoms with Crippen LogP contribution in [0.25, 0.3) is 0 Å². The van der Waals surface area contributed by atoms with E-state index in [-0.39, 0.29) is 17.8 Å². The van der Waals surface area contributed by atoms with Gasteiger partial charge in [0.05, 0.1) is 40.8 Å². The van der Waals surface area contributed by atoms with Crippen LogP contribution in [-0.4, -0.2) is 34.8 Å². The molecule has 0 amide bonds. The van der Waals surface area contributed by atoms with Gasteiger partial charge >= 0.3 is 5.97 Å². The standard InChI is InChI=1S/C39H46N4O3/c1-8-11-12-13-16-46-36(45)15-14-27-23(6)31-18-29-21(4)25(9-2)33(40-29)19-30-22(5)26(10-3)34(41-30)20-32-24(7)37-35(44)17-28(38(27)42-31)39(37)43-32/h9,18-20,23,27,42,44H,2,8,10-17H2,1,3-7H3. The number of rotatable bonds is 10. The lowest BCUT2D eigenvalue weighted by Gasteiger charge is -2.17. The molecule has 1 saturated heterocycles. The van der Waals surface area contributed by atoms with Crippen LogP contribution in [0.15, 0.2) is 119 Å². The number of carbonyl (C=O) groups is 1. The Morgan fingerprint density at radius 1 is 1.02 bits per heavy atom. The van der Waals surface area contributed by atoms with Gasteiger partial charge in [0.25, 0.3) is 0 Å². The Balaban J connectivity index is 1.44. The topological polar surface area (TPSA) is 95.6 Å². The number of hydrogen-bond acceptors (Lipinski definition) is 7. The zero-order chi connectivity index (χ0) is 32.7. The first-order chi connectivity index (χ1) is 22.2. The molecule has 2 unspecified atom stereocenters. The van der Waals surface area contributed by atoms with E-state index in [4.69, 9.17) is 19.7 Å². The summed E-state index contributed by atoms with van der Waals surface area (Å²) in [6.45, 7) is 17.4. The number of hydrogen-bond donors (Lipinski definition) is 2. The highest BCUT2D eigenvalue weighted by Crippen LogP contribution is 2.46. The third-order valence-electron chi connectivity index (χ3n) is 10.2. The molecule has 5 heterocycles. The lowest BCUT2D eigenvalue weighted by Crippen LogP contribution is -2.16. The maximum Gasteiger partial charge on any atom is 0.305 e. The minimum absolute atomic E-state index is 0.0288. The molecule has 1 aliphatic carbocycles. The first-order valence-corrected chi connectivity index (χ1v) is 16.9. The van der Waals surface area contributed by atoms with Crippen molar-refractivity contribution in [2.45, 2.75) is 92.9 Å². The van der Waals surface area contributed by atoms with Gasteiger partial charge in [0.2, 0.25) is 0 Å². The van der Waals surface area contributed by atoms with Crippen LogP contribution in [0, 0.1) is 11.8 Å². The van der Waals surface area contributed by atoms with E-state index in [9.17, 15) is 9.90 Å². The van der Waals surface area contributed by atoms with Crippen molar-refractivity contribution < 1.29 is 14.6 Å². The quantitative estimate of drug-likeness (QED) is 0.189. The fraction of sp³-hybridized carbons (Fsp3) is 0.436. The Morgan fingerprint density at radius 3 is 2.52 bits per heavy atom. The van der Waals surface area contributed by atoms with Crippen molar-refractivity contribution in [1.29, 1.82) is 0 Å². The van der Waals surface area contributed by atoms with Crippen LogP contribution in [0.1, 0.15) is 92.9 Å². The summed E-state index contributed by atoms with van der Waals surface area (Å²) < 4.78 is 5.61. The van der Waals surface area contributed by atoms with E-state index in [0.29, 0.717) is 31.6 Å². The van der Waals surface area contributed by atoms with Gasteiger partial charge in [-0.3, -0.25) is 4.79 Å². The molecule has 2 N–H and O–H groups in total. The highest BCUT2D eigenvalue weighted by Gasteiger charge is 2.41. The lowest BCUT2D eigenvalue weighted by molar-refractivity contribution is -0.144. The molecule has 2 atom stereocenters. The van der Waals surface area contributed by atoms with Crippen LogP contribution in [0.2, 0.25) is 0 Å². The van der Waals surface area contributed by atoms with Gasteiger partial charge in [-0.25, -0.2) is 15.0 Å². The molecule has 6 aliphatic rings. The van der Waals surface area contributed by atoms with Crippen LogP contribution in [0.4, 0.5) is 0 Å². The number of aliphatic hydroxyl groups excluding tert-OH is 1. The van der Waals surface area contributed by atoms with Crippen LogP contribution < -0.4 is 5.32 Å². The molecule has 0 aromatic heterocycles. The Labute approximate surface area is 273 Å². The second kappa shape index (κ2) is 12.9. The zero-order valence-corrected chi connectivity index (χ0v) is 28.1. The zero-order valence-electron chi connectivity index (χ0n) is 28.1. The second-order valence-corrected chi connectivity index (χ2v) is 13.1. The smallest absolute Gasteiger partial charge is 0.305 e. The van der Waals surface area contributed by atoms with Crippen LogP contribution >= 0.6 is 0 Å². The van der Waals surface area contributed by atoms with Gasteiger partial charge in [-0.15, -0.1) is 0 Å². The Bertz CT molecular complexity index is 1760. The van der Waals surface area contributed by atoms with E-state index >= 15 is 0 Å². The molecular formula is C39H46N4O3. The van der Waals surface area contributed by atoms with Crippen molar-refractivity contribution in [2.24, 2.45) is 26.8 Å². The molecule has 46 heavy (non-hydrogen) atoms. The predicted octanol–water partition coefficient (Wildman–Crippen LogP) is 8.75. The number of carbonyl (C=O) groups excluding carboxylic acids is 1. The fourth-order valence-electron chi connectivity index (χ4n) is 7.44. The minimum atomic E-state index is -0.155. The van der Waals surface area contributed by atoms with E-state index in [2.05, 4.69) is 64.7 Å². The van der Waals surface area contributed by atoms with Gasteiger partial charge in [-0.1, -0.05) is 52.7 Å². The number of allylic oxidation sites excluding steroid dienone is 12. The molecule has 0 aromatic rings. The summed E-state index contributed by atoms with van der Waals surface area (Å²) in [6, 6.07) is 0. The van der Waals surface area contributed by atoms with Gasteiger partial charge in [0, 0.05) is 52.8 Å². The SMILES string of the molecule is C=CC1=C(C)C2=NC1=CC1=NC(=CC3=C(C)C4=C(O)CC(=C5NC(=C2)C(C)C5CCC(=O)OCCCCCC)C4=N3)C(CC)=C1C. The molecule has 0 radical (unpaired) electrons. The molecule has 0 spiro atoms. The normalized spacial score (nSPS) is 23.5. The second-order valence-electron chi connectivity index (χ2n) is 13.1. The first-order valence-electron chi connectivity index (χ1n) is 16.9. The lowest BCUT2D eigenvalue weighted by atomic mass is 9.86. The van der Waals surface area contributed by atoms with Gasteiger partial charge in [-0.05, 0) is 80.6 Å². The van der Waals surface area contributed by atoms with Crippen LogP contribution in [0.3, 0.4) is 0 Å². The first kappa shape index (κ1) is 31.7. The molecule has 8 bridgehead atoms. The Morgan fingerprint density at radius 2 is 1.78 bits per heavy atom. The van der Waals surface area contributed by atoms with E-state index in [1.807, 2.05) is 13.0 Å². The summed E-state index contributed by atoms with van der Waals surface area (Å²) >= 11 is 0. The number of nitrogens with one attached hydrogen (secondary N) is 1. The summed E-state index contributed by atoms with van der Waals surface area (Å²) in [7, 11) is 0. The van der Waals surface area contributed by atoms with E-state index in [1.54, 1.807) is 0 Å². The average Bonchev–Trinajstić information content (AvgIpc) is 3.78. The molecule has 0 saturated carbocycles. The molecule has 7 heteroatoms. The minimum Gasteiger partial charge on any atom is -0.511 e. The van der Waals surface area contributed by atoms with E-state index < -0.39 is 0 Å². The van der Waals surface area contributed by atoms with E-state index in [0.717, 1.165) is 111 Å². The third kappa shape index (κ3) is 5.54. The molecule has 240 valence electrons. The van der Waals surface area contributed by atoms with Crippen molar-refractivity contribution in [3.63, 3.8) is 0 Å². The fourth-order valence-corrected chi connectivity index (χ4v) is 7.44. The number of nitrogens with zero attached hydrogens (tertiary/aromatic N) is 3. The molecule has 5 aliphatic heterocycles. The molecule has 6 rings (SSSR count). The van der Waals surface area contributed by atoms with Gasteiger partial charge in [0.1, 0.15) is 5.76 Å². The Hall–Kier alpha value is -4.26. The highest BCUT2D eigenvalue weighted by molar-refractivity contribution is 6.21. The maximum absolute atomic E-state index is 12.8. The summed E-state index contributed by atoms with van der Waals surface area (Å²) in [4.78, 5) is 28.1. The third-order valence-corrected chi connectivity index (χ3v) is 10.2. The largest absolute Gasteiger partial charge is 0.511 e. The van der Waals surface area contributed by atoms with Gasteiger partial charge < -0.3 is 15.2 Å². The number of unbranched alkanes of at least 4 members (excludes halogenated alkanes) is 3. The Kier molecular flexibility index (Phi) is 8.86. The molecular weight excluding hydrogens is 572 g/mol. The van der Waals surface area contributed by atoms with E-state index in [1.165, 1.54) is 5.57 Å². The number of fused-ring (bicyclic) bond motifs is 5. The number of ether oxygens (including phenoxy) is 1. The number of aliphatic imine (C=N–C) groups is 3. The summed E-state index contributed by atoms with van der Waals surface area (Å²) in [5.74, 6) is 0.303. The van der Waals surface area contributed by atoms with Gasteiger partial charge in [0.15, 0.2) is 0 Å². The van der Waals surface area contributed by atoms with Crippen molar-refractivity contribution in [1.82, 2.24) is 5.32 Å². The molecule has 7 nitrogen and oxygen atoms in total. The summed E-state index contributed by atoms with van der Waals surface area (Å²) in [5.41, 5.74) is 14.4. The van der Waals surface area contributed by atoms with Crippen molar-refractivity contribution in [2.75, 3.05) is 6.61 Å². The molecule has 0 aromatic carbocycles. The summed E-state index contributed by atoms with van der Waals surface area (Å²) in [5, 5.41) is 15.1. The van der Waals surface area contributed by atoms with Crippen LogP contribution in [-0.2, 0) is 9.53 Å². The van der Waals surface area contributed by atoms with Crippen molar-refractivity contribution in [3.05, 3.63) is 104 Å². The number of esters is 1. The maximum atomic E-state index is 12.8. The van der Waals surface area contributed by atoms with Crippen molar-refractivity contribution in [3.8, 4) is 0 Å². The summed E-state index contributed by atoms with van der Waals surface area (Å²) in [6.07, 6.45) is 14.7. The van der Waals surface area contributed by atoms with Gasteiger partial charge in [-0.2, -0.15) is 0 Å². The van der Waals surface area contributed by atoms with Crippen LogP contribution in [0.5, 0.6) is 0 Å². The van der Waals surface area contributed by atoms with Crippen molar-refractivity contribution >= 4 is 23.1 Å². The average molecular weight is 619 g/mol. The highest BCUT2D eigenvalue weighted by atomic mass is 16.5. The predicted molar refractivity (Wildman–Crippen MR) is 187 cm³/mol.